The molecule has 4 nitrogen and oxygen atoms in total. The number of benzene rings is 2. The fourth-order valence-corrected chi connectivity index (χ4v) is 6.86. The normalized spacial score (nSPS) is 15.6. The number of halogens is 2. The number of carbonyl (C=O) groups is 1. The van der Waals surface area contributed by atoms with Gasteiger partial charge in [-0.05, 0) is 96.8 Å². The molecule has 1 amide bonds. The third-order valence-corrected chi connectivity index (χ3v) is 9.34. The van der Waals surface area contributed by atoms with Crippen molar-refractivity contribution in [2.75, 3.05) is 5.32 Å². The zero-order valence-corrected chi connectivity index (χ0v) is 24.5. The van der Waals surface area contributed by atoms with E-state index in [1.807, 2.05) is 36.4 Å². The molecule has 4 aromatic rings. The van der Waals surface area contributed by atoms with Gasteiger partial charge in [0.05, 0.1) is 11.8 Å². The lowest BCUT2D eigenvalue weighted by atomic mass is 9.72. The molecule has 0 saturated heterocycles. The average Bonchev–Trinajstić information content (AvgIpc) is 3.48. The van der Waals surface area contributed by atoms with Gasteiger partial charge >= 0.3 is 0 Å². The van der Waals surface area contributed by atoms with Crippen molar-refractivity contribution in [1.82, 2.24) is 0 Å². The standard InChI is InChI=1S/C30H28Cl2N2O2S2/c1-30(2,3)18-4-14-24-25(16-18)38-29(27(24)28(35)34-21-9-5-19(31)6-10-21)33-17-22-11-15-26(36-22)37-23-12-7-20(32)8-13-23/h5-13,15,17-18H,4,14,16H2,1-3H3,(H,34,35)/t18-/m1/s1. The minimum absolute atomic E-state index is 0.149. The van der Waals surface area contributed by atoms with Crippen LogP contribution in [0.2, 0.25) is 10.0 Å². The van der Waals surface area contributed by atoms with Crippen LogP contribution in [-0.2, 0) is 12.8 Å². The van der Waals surface area contributed by atoms with Crippen molar-refractivity contribution in [3.63, 3.8) is 0 Å². The fraction of sp³-hybridized carbons (Fsp3) is 0.267. The molecular weight excluding hydrogens is 555 g/mol. The Balaban J connectivity index is 1.41. The highest BCUT2D eigenvalue weighted by atomic mass is 35.5. The van der Waals surface area contributed by atoms with Crippen molar-refractivity contribution in [2.45, 2.75) is 50.0 Å². The number of thiophene rings is 1. The molecule has 0 radical (unpaired) electrons. The maximum Gasteiger partial charge on any atom is 0.259 e. The van der Waals surface area contributed by atoms with E-state index in [9.17, 15) is 4.79 Å². The summed E-state index contributed by atoms with van der Waals surface area (Å²) in [4.78, 5) is 20.6. The van der Waals surface area contributed by atoms with E-state index in [1.54, 1.807) is 41.8 Å². The summed E-state index contributed by atoms with van der Waals surface area (Å²) in [5.74, 6) is 1.05. The zero-order chi connectivity index (χ0) is 26.9. The van der Waals surface area contributed by atoms with Gasteiger partial charge in [-0.25, -0.2) is 4.99 Å². The van der Waals surface area contributed by atoms with Crippen LogP contribution >= 0.6 is 46.3 Å². The first-order chi connectivity index (χ1) is 18.2. The third-order valence-electron chi connectivity index (χ3n) is 6.74. The van der Waals surface area contributed by atoms with E-state index >= 15 is 0 Å². The van der Waals surface area contributed by atoms with Gasteiger partial charge in [0.25, 0.3) is 5.91 Å². The zero-order valence-electron chi connectivity index (χ0n) is 21.4. The first-order valence-corrected chi connectivity index (χ1v) is 14.8. The van der Waals surface area contributed by atoms with Crippen molar-refractivity contribution < 1.29 is 9.21 Å². The predicted octanol–water partition coefficient (Wildman–Crippen LogP) is 9.95. The quantitative estimate of drug-likeness (QED) is 0.230. The second kappa shape index (κ2) is 11.3. The molecule has 8 heteroatoms. The SMILES string of the molecule is CC(C)(C)[C@@H]1CCc2c(sc(N=Cc3ccc(Sc4ccc(Cl)cc4)o3)c2C(=O)Nc2ccc(Cl)cc2)C1. The Morgan fingerprint density at radius 1 is 1.05 bits per heavy atom. The van der Waals surface area contributed by atoms with Crippen LogP contribution in [0, 0.1) is 11.3 Å². The van der Waals surface area contributed by atoms with Crippen LogP contribution in [0.3, 0.4) is 0 Å². The van der Waals surface area contributed by atoms with Crippen LogP contribution in [0.25, 0.3) is 0 Å². The Labute approximate surface area is 241 Å². The summed E-state index contributed by atoms with van der Waals surface area (Å²) in [6.45, 7) is 6.88. The largest absolute Gasteiger partial charge is 0.449 e. The molecule has 0 saturated carbocycles. The van der Waals surface area contributed by atoms with Crippen LogP contribution in [0.4, 0.5) is 10.7 Å². The van der Waals surface area contributed by atoms with Gasteiger partial charge in [0.15, 0.2) is 5.09 Å². The number of anilines is 1. The van der Waals surface area contributed by atoms with E-state index in [4.69, 9.17) is 32.6 Å². The highest BCUT2D eigenvalue weighted by Crippen LogP contribution is 2.45. The van der Waals surface area contributed by atoms with Gasteiger partial charge in [-0.3, -0.25) is 4.79 Å². The lowest BCUT2D eigenvalue weighted by molar-refractivity contribution is 0.102. The van der Waals surface area contributed by atoms with Gasteiger partial charge < -0.3 is 9.73 Å². The van der Waals surface area contributed by atoms with Crippen LogP contribution in [0.1, 0.15) is 53.8 Å². The maximum absolute atomic E-state index is 13.5. The predicted molar refractivity (Wildman–Crippen MR) is 160 cm³/mol. The Bertz CT molecular complexity index is 1470. The highest BCUT2D eigenvalue weighted by molar-refractivity contribution is 7.99. The lowest BCUT2D eigenvalue weighted by Crippen LogP contribution is -2.27. The number of fused-ring (bicyclic) bond motifs is 1. The molecule has 196 valence electrons. The summed E-state index contributed by atoms with van der Waals surface area (Å²) in [6, 6.07) is 18.6. The van der Waals surface area contributed by atoms with Crippen LogP contribution < -0.4 is 5.32 Å². The summed E-state index contributed by atoms with van der Waals surface area (Å²) < 4.78 is 5.98. The van der Waals surface area contributed by atoms with Gasteiger partial charge in [0, 0.05) is 25.5 Å². The molecule has 2 aromatic carbocycles. The van der Waals surface area contributed by atoms with Gasteiger partial charge in [0.1, 0.15) is 10.8 Å². The first kappa shape index (κ1) is 27.1. The van der Waals surface area contributed by atoms with E-state index in [0.717, 1.165) is 34.8 Å². The van der Waals surface area contributed by atoms with E-state index in [2.05, 4.69) is 26.1 Å². The fourth-order valence-electron chi connectivity index (χ4n) is 4.56. The Hall–Kier alpha value is -2.51. The average molecular weight is 584 g/mol. The molecular formula is C30H28Cl2N2O2S2. The van der Waals surface area contributed by atoms with Crippen molar-refractivity contribution in [2.24, 2.45) is 16.3 Å². The van der Waals surface area contributed by atoms with E-state index in [-0.39, 0.29) is 11.3 Å². The Morgan fingerprint density at radius 3 is 2.42 bits per heavy atom. The van der Waals surface area contributed by atoms with Gasteiger partial charge in [-0.2, -0.15) is 0 Å². The molecule has 5 rings (SSSR count). The number of nitrogens with zero attached hydrogens (tertiary/aromatic N) is 1. The molecule has 2 heterocycles. The van der Waals surface area contributed by atoms with Gasteiger partial charge in [0.2, 0.25) is 0 Å². The number of hydrogen-bond acceptors (Lipinski definition) is 5. The topological polar surface area (TPSA) is 54.6 Å². The van der Waals surface area contributed by atoms with Gasteiger partial charge in [-0.15, -0.1) is 11.3 Å². The molecule has 1 aliphatic rings. The minimum Gasteiger partial charge on any atom is -0.449 e. The number of nitrogens with one attached hydrogen (secondary N) is 1. The summed E-state index contributed by atoms with van der Waals surface area (Å²) >= 11 is 15.1. The van der Waals surface area contributed by atoms with E-state index in [0.29, 0.717) is 38.0 Å². The molecule has 0 spiro atoms. The molecule has 0 unspecified atom stereocenters. The summed E-state index contributed by atoms with van der Waals surface area (Å²) in [6.07, 6.45) is 4.59. The smallest absolute Gasteiger partial charge is 0.259 e. The molecule has 0 bridgehead atoms. The molecule has 1 N–H and O–H groups in total. The molecule has 2 aromatic heterocycles. The molecule has 1 aliphatic carbocycles. The number of carbonyl (C=O) groups excluding carboxylic acids is 1. The maximum atomic E-state index is 13.5. The number of hydrogen-bond donors (Lipinski definition) is 1. The van der Waals surface area contributed by atoms with E-state index in [1.165, 1.54) is 16.6 Å². The van der Waals surface area contributed by atoms with Crippen molar-refractivity contribution in [3.8, 4) is 0 Å². The van der Waals surface area contributed by atoms with Gasteiger partial charge in [-0.1, -0.05) is 55.7 Å². The lowest BCUT2D eigenvalue weighted by Gasteiger charge is -2.33. The first-order valence-electron chi connectivity index (χ1n) is 12.4. The number of amides is 1. The Morgan fingerprint density at radius 2 is 1.74 bits per heavy atom. The number of aliphatic imine (C=N–C) groups is 1. The van der Waals surface area contributed by atoms with Crippen LogP contribution in [0.5, 0.6) is 0 Å². The minimum atomic E-state index is -0.149. The van der Waals surface area contributed by atoms with Crippen LogP contribution in [-0.4, -0.2) is 12.1 Å². The van der Waals surface area contributed by atoms with Crippen molar-refractivity contribution in [1.29, 1.82) is 0 Å². The molecule has 1 atom stereocenters. The molecule has 38 heavy (non-hydrogen) atoms. The summed E-state index contributed by atoms with van der Waals surface area (Å²) in [5, 5.41) is 5.83. The van der Waals surface area contributed by atoms with Crippen LogP contribution in [0.15, 0.2) is 80.1 Å². The summed E-state index contributed by atoms with van der Waals surface area (Å²) in [7, 11) is 0. The second-order valence-electron chi connectivity index (χ2n) is 10.4. The number of rotatable bonds is 6. The molecule has 0 aliphatic heterocycles. The summed E-state index contributed by atoms with van der Waals surface area (Å²) in [5.41, 5.74) is 2.69. The van der Waals surface area contributed by atoms with Crippen molar-refractivity contribution in [3.05, 3.63) is 92.5 Å². The second-order valence-corrected chi connectivity index (χ2v) is 13.5. The van der Waals surface area contributed by atoms with E-state index < -0.39 is 0 Å². The Kier molecular flexibility index (Phi) is 8.06. The monoisotopic (exact) mass is 582 g/mol. The third kappa shape index (κ3) is 6.37. The number of furan rings is 1. The molecule has 0 fully saturated rings. The highest BCUT2D eigenvalue weighted by Gasteiger charge is 2.33. The van der Waals surface area contributed by atoms with Crippen molar-refractivity contribution >= 4 is 69.1 Å².